The molecule has 2 heteroatoms. The largest absolute Gasteiger partial charge is 0.305 e. The predicted molar refractivity (Wildman–Crippen MR) is 40.9 cm³/mol. The molecule has 0 radical (unpaired) electrons. The van der Waals surface area contributed by atoms with Gasteiger partial charge in [-0.3, -0.25) is 4.79 Å². The first-order valence-electron chi connectivity index (χ1n) is 4.00. The van der Waals surface area contributed by atoms with Crippen molar-refractivity contribution in [2.24, 2.45) is 0 Å². The lowest BCUT2D eigenvalue weighted by atomic mass is 10.1. The SMILES string of the molecule is CCC(NC1CC1)C(C)=O. The molecule has 2 nitrogen and oxygen atoms in total. The zero-order valence-corrected chi connectivity index (χ0v) is 6.68. The van der Waals surface area contributed by atoms with Crippen LogP contribution >= 0.6 is 0 Å². The number of ketones is 1. The van der Waals surface area contributed by atoms with E-state index in [1.807, 2.05) is 6.92 Å². The van der Waals surface area contributed by atoms with Gasteiger partial charge in [-0.25, -0.2) is 0 Å². The third kappa shape index (κ3) is 2.10. The summed E-state index contributed by atoms with van der Waals surface area (Å²) < 4.78 is 0. The standard InChI is InChI=1S/C8H15NO/c1-3-8(6(2)10)9-7-4-5-7/h7-9H,3-5H2,1-2H3. The molecule has 58 valence electrons. The van der Waals surface area contributed by atoms with Gasteiger partial charge in [0.15, 0.2) is 0 Å². The van der Waals surface area contributed by atoms with Gasteiger partial charge in [0.1, 0.15) is 5.78 Å². The number of carbonyl (C=O) groups excluding carboxylic acids is 1. The molecule has 0 amide bonds. The summed E-state index contributed by atoms with van der Waals surface area (Å²) in [5, 5.41) is 3.29. The molecule has 0 aromatic rings. The van der Waals surface area contributed by atoms with Gasteiger partial charge < -0.3 is 5.32 Å². The summed E-state index contributed by atoms with van der Waals surface area (Å²) in [6, 6.07) is 0.765. The second kappa shape index (κ2) is 3.15. The zero-order chi connectivity index (χ0) is 7.56. The Labute approximate surface area is 62.0 Å². The van der Waals surface area contributed by atoms with E-state index in [0.29, 0.717) is 6.04 Å². The van der Waals surface area contributed by atoms with Gasteiger partial charge in [-0.15, -0.1) is 0 Å². The second-order valence-electron chi connectivity index (χ2n) is 3.01. The first kappa shape index (κ1) is 7.73. The van der Waals surface area contributed by atoms with Gasteiger partial charge in [-0.05, 0) is 26.2 Å². The van der Waals surface area contributed by atoms with E-state index < -0.39 is 0 Å². The third-order valence-electron chi connectivity index (χ3n) is 1.91. The lowest BCUT2D eigenvalue weighted by Gasteiger charge is -2.11. The maximum atomic E-state index is 10.9. The highest BCUT2D eigenvalue weighted by atomic mass is 16.1. The van der Waals surface area contributed by atoms with E-state index in [1.165, 1.54) is 12.8 Å². The molecule has 0 aliphatic heterocycles. The second-order valence-corrected chi connectivity index (χ2v) is 3.01. The first-order valence-corrected chi connectivity index (χ1v) is 4.00. The van der Waals surface area contributed by atoms with E-state index in [1.54, 1.807) is 6.92 Å². The maximum absolute atomic E-state index is 10.9. The van der Waals surface area contributed by atoms with Gasteiger partial charge in [0.25, 0.3) is 0 Å². The van der Waals surface area contributed by atoms with Crippen LogP contribution in [-0.2, 0) is 4.79 Å². The molecule has 10 heavy (non-hydrogen) atoms. The average molecular weight is 141 g/mol. The molecule has 1 fully saturated rings. The first-order chi connectivity index (χ1) is 4.74. The normalized spacial score (nSPS) is 20.6. The highest BCUT2D eigenvalue weighted by Crippen LogP contribution is 2.19. The van der Waals surface area contributed by atoms with Crippen molar-refractivity contribution in [2.45, 2.75) is 45.2 Å². The van der Waals surface area contributed by atoms with E-state index in [9.17, 15) is 4.79 Å². The van der Waals surface area contributed by atoms with Gasteiger partial charge in [0.2, 0.25) is 0 Å². The minimum Gasteiger partial charge on any atom is -0.305 e. The number of carbonyl (C=O) groups is 1. The number of Topliss-reactive ketones (excluding diaryl/α,β-unsaturated/α-hetero) is 1. The van der Waals surface area contributed by atoms with Gasteiger partial charge >= 0.3 is 0 Å². The molecule has 1 atom stereocenters. The maximum Gasteiger partial charge on any atom is 0.146 e. The van der Waals surface area contributed by atoms with Gasteiger partial charge in [0, 0.05) is 6.04 Å². The fourth-order valence-electron chi connectivity index (χ4n) is 1.06. The smallest absolute Gasteiger partial charge is 0.146 e. The minimum absolute atomic E-state index is 0.118. The molecule has 1 saturated carbocycles. The summed E-state index contributed by atoms with van der Waals surface area (Å²) in [5.74, 6) is 0.273. The highest BCUT2D eigenvalue weighted by molar-refractivity contribution is 5.81. The minimum atomic E-state index is 0.118. The molecule has 1 rings (SSSR count). The summed E-state index contributed by atoms with van der Waals surface area (Å²) in [6.45, 7) is 3.70. The third-order valence-corrected chi connectivity index (χ3v) is 1.91. The molecule has 0 saturated heterocycles. The summed E-state index contributed by atoms with van der Waals surface area (Å²) in [5.41, 5.74) is 0. The zero-order valence-electron chi connectivity index (χ0n) is 6.68. The lowest BCUT2D eigenvalue weighted by molar-refractivity contribution is -0.119. The van der Waals surface area contributed by atoms with Crippen molar-refractivity contribution in [1.82, 2.24) is 5.32 Å². The van der Waals surface area contributed by atoms with Crippen LogP contribution in [0.25, 0.3) is 0 Å². The molecule has 0 aromatic heterocycles. The highest BCUT2D eigenvalue weighted by Gasteiger charge is 2.25. The molecule has 1 aliphatic carbocycles. The van der Waals surface area contributed by atoms with Crippen LogP contribution in [0.3, 0.4) is 0 Å². The van der Waals surface area contributed by atoms with Crippen LogP contribution in [-0.4, -0.2) is 17.9 Å². The van der Waals surface area contributed by atoms with E-state index in [0.717, 1.165) is 6.42 Å². The molecule has 1 unspecified atom stereocenters. The van der Waals surface area contributed by atoms with E-state index >= 15 is 0 Å². The van der Waals surface area contributed by atoms with Crippen LogP contribution < -0.4 is 5.32 Å². The Morgan fingerprint density at radius 3 is 2.60 bits per heavy atom. The van der Waals surface area contributed by atoms with Crippen LogP contribution in [0.15, 0.2) is 0 Å². The fraction of sp³-hybridized carbons (Fsp3) is 0.875. The molecule has 1 N–H and O–H groups in total. The quantitative estimate of drug-likeness (QED) is 0.635. The van der Waals surface area contributed by atoms with Crippen LogP contribution in [0.4, 0.5) is 0 Å². The van der Waals surface area contributed by atoms with Crippen LogP contribution in [0, 0.1) is 0 Å². The van der Waals surface area contributed by atoms with Crippen molar-refractivity contribution in [3.05, 3.63) is 0 Å². The van der Waals surface area contributed by atoms with Crippen molar-refractivity contribution in [1.29, 1.82) is 0 Å². The molecule has 1 aliphatic rings. The Balaban J connectivity index is 2.24. The number of nitrogens with one attached hydrogen (secondary N) is 1. The van der Waals surface area contributed by atoms with Gasteiger partial charge in [-0.2, -0.15) is 0 Å². The van der Waals surface area contributed by atoms with E-state index in [2.05, 4.69) is 5.32 Å². The molecule has 0 bridgehead atoms. The Morgan fingerprint density at radius 1 is 1.70 bits per heavy atom. The van der Waals surface area contributed by atoms with E-state index in [-0.39, 0.29) is 11.8 Å². The van der Waals surface area contributed by atoms with Crippen molar-refractivity contribution in [3.8, 4) is 0 Å². The fourth-order valence-corrected chi connectivity index (χ4v) is 1.06. The van der Waals surface area contributed by atoms with Crippen LogP contribution in [0.1, 0.15) is 33.1 Å². The molecule has 0 spiro atoms. The Hall–Kier alpha value is -0.370. The summed E-state index contributed by atoms with van der Waals surface area (Å²) in [4.78, 5) is 10.9. The van der Waals surface area contributed by atoms with Gasteiger partial charge in [0.05, 0.1) is 6.04 Å². The molecular weight excluding hydrogens is 126 g/mol. The summed E-state index contributed by atoms with van der Waals surface area (Å²) in [6.07, 6.45) is 3.43. The Morgan fingerprint density at radius 2 is 2.30 bits per heavy atom. The van der Waals surface area contributed by atoms with Gasteiger partial charge in [-0.1, -0.05) is 6.92 Å². The predicted octanol–water partition coefficient (Wildman–Crippen LogP) is 1.11. The Bertz CT molecular complexity index is 129. The number of hydrogen-bond donors (Lipinski definition) is 1. The monoisotopic (exact) mass is 141 g/mol. The average Bonchev–Trinajstić information content (AvgIpc) is 2.64. The van der Waals surface area contributed by atoms with E-state index in [4.69, 9.17) is 0 Å². The van der Waals surface area contributed by atoms with Crippen molar-refractivity contribution in [3.63, 3.8) is 0 Å². The molecular formula is C8H15NO. The number of rotatable bonds is 4. The topological polar surface area (TPSA) is 29.1 Å². The van der Waals surface area contributed by atoms with Crippen LogP contribution in [0.5, 0.6) is 0 Å². The van der Waals surface area contributed by atoms with Crippen molar-refractivity contribution in [2.75, 3.05) is 0 Å². The summed E-state index contributed by atoms with van der Waals surface area (Å²) in [7, 11) is 0. The van der Waals surface area contributed by atoms with Crippen LogP contribution in [0.2, 0.25) is 0 Å². The molecule has 0 heterocycles. The lowest BCUT2D eigenvalue weighted by Crippen LogP contribution is -2.36. The van der Waals surface area contributed by atoms with Crippen molar-refractivity contribution < 1.29 is 4.79 Å². The molecule has 0 aromatic carbocycles. The summed E-state index contributed by atoms with van der Waals surface area (Å²) >= 11 is 0. The Kier molecular flexibility index (Phi) is 2.44. The van der Waals surface area contributed by atoms with Crippen molar-refractivity contribution >= 4 is 5.78 Å². The number of hydrogen-bond acceptors (Lipinski definition) is 2.